The zero-order valence-corrected chi connectivity index (χ0v) is 16.3. The number of carbonyl (C=O) groups is 1. The van der Waals surface area contributed by atoms with Crippen molar-refractivity contribution in [3.05, 3.63) is 41.5 Å². The molecule has 4 unspecified atom stereocenters. The number of para-hydroxylation sites is 1. The summed E-state index contributed by atoms with van der Waals surface area (Å²) < 4.78 is 6.01. The predicted octanol–water partition coefficient (Wildman–Crippen LogP) is 4.34. The number of esters is 1. The summed E-state index contributed by atoms with van der Waals surface area (Å²) in [6.45, 7) is 8.43. The SMILES string of the molecule is CC1=CCC2(C)CCC(O)(C(C)C)C2C(OC(=O)c2ccccc2N)C1. The molecule has 0 spiro atoms. The number of rotatable bonds is 3. The largest absolute Gasteiger partial charge is 0.458 e. The Labute approximate surface area is 156 Å². The van der Waals surface area contributed by atoms with Crippen molar-refractivity contribution in [1.29, 1.82) is 0 Å². The van der Waals surface area contributed by atoms with Gasteiger partial charge in [0.25, 0.3) is 0 Å². The fourth-order valence-corrected chi connectivity index (χ4v) is 4.97. The maximum absolute atomic E-state index is 12.8. The molecule has 0 heterocycles. The van der Waals surface area contributed by atoms with Crippen molar-refractivity contribution in [2.75, 3.05) is 5.73 Å². The molecule has 0 amide bonds. The molecule has 2 aliphatic rings. The second-order valence-electron chi connectivity index (χ2n) is 8.77. The van der Waals surface area contributed by atoms with Crippen molar-refractivity contribution in [1.82, 2.24) is 0 Å². The first-order valence-electron chi connectivity index (χ1n) is 9.61. The maximum atomic E-state index is 12.8. The van der Waals surface area contributed by atoms with Gasteiger partial charge in [0, 0.05) is 18.0 Å². The van der Waals surface area contributed by atoms with Gasteiger partial charge < -0.3 is 15.6 Å². The van der Waals surface area contributed by atoms with Crippen LogP contribution in [0.1, 0.15) is 63.7 Å². The number of fused-ring (bicyclic) bond motifs is 1. The molecule has 4 nitrogen and oxygen atoms in total. The van der Waals surface area contributed by atoms with Crippen molar-refractivity contribution in [2.45, 2.75) is 65.1 Å². The number of hydrogen-bond acceptors (Lipinski definition) is 4. The molecular weight excluding hydrogens is 326 g/mol. The van der Waals surface area contributed by atoms with Crippen LogP contribution < -0.4 is 5.73 Å². The fourth-order valence-electron chi connectivity index (χ4n) is 4.97. The van der Waals surface area contributed by atoms with E-state index in [4.69, 9.17) is 10.5 Å². The van der Waals surface area contributed by atoms with Crippen molar-refractivity contribution in [3.63, 3.8) is 0 Å². The Balaban J connectivity index is 1.96. The van der Waals surface area contributed by atoms with Gasteiger partial charge >= 0.3 is 5.97 Å². The molecule has 0 saturated heterocycles. The second kappa shape index (κ2) is 6.73. The zero-order chi connectivity index (χ0) is 19.1. The molecular formula is C22H31NO3. The molecule has 2 aliphatic carbocycles. The van der Waals surface area contributed by atoms with Crippen LogP contribution in [0.15, 0.2) is 35.9 Å². The van der Waals surface area contributed by atoms with E-state index in [1.54, 1.807) is 24.3 Å². The van der Waals surface area contributed by atoms with E-state index in [0.29, 0.717) is 17.7 Å². The lowest BCUT2D eigenvalue weighted by molar-refractivity contribution is -0.112. The van der Waals surface area contributed by atoms with Gasteiger partial charge in [0.15, 0.2) is 0 Å². The molecule has 0 aromatic heterocycles. The van der Waals surface area contributed by atoms with Crippen LogP contribution >= 0.6 is 0 Å². The molecule has 0 aliphatic heterocycles. The summed E-state index contributed by atoms with van der Waals surface area (Å²) in [6.07, 6.45) is 5.18. The average Bonchev–Trinajstić information content (AvgIpc) is 2.78. The van der Waals surface area contributed by atoms with E-state index in [1.807, 2.05) is 0 Å². The Morgan fingerprint density at radius 3 is 2.65 bits per heavy atom. The van der Waals surface area contributed by atoms with Crippen molar-refractivity contribution in [3.8, 4) is 0 Å². The van der Waals surface area contributed by atoms with Crippen LogP contribution in [-0.2, 0) is 4.74 Å². The highest BCUT2D eigenvalue weighted by Gasteiger charge is 2.59. The Morgan fingerprint density at radius 1 is 1.31 bits per heavy atom. The first-order chi connectivity index (χ1) is 12.2. The highest BCUT2D eigenvalue weighted by Crippen LogP contribution is 2.58. The van der Waals surface area contributed by atoms with Crippen LogP contribution in [0, 0.1) is 17.3 Å². The maximum Gasteiger partial charge on any atom is 0.340 e. The van der Waals surface area contributed by atoms with E-state index in [-0.39, 0.29) is 23.4 Å². The van der Waals surface area contributed by atoms with Crippen LogP contribution in [-0.4, -0.2) is 22.8 Å². The number of benzene rings is 1. The van der Waals surface area contributed by atoms with Gasteiger partial charge in [-0.15, -0.1) is 0 Å². The van der Waals surface area contributed by atoms with Crippen molar-refractivity contribution in [2.24, 2.45) is 17.3 Å². The van der Waals surface area contributed by atoms with Crippen LogP contribution in [0.4, 0.5) is 5.69 Å². The minimum Gasteiger partial charge on any atom is -0.458 e. The first kappa shape index (κ1) is 19.0. The van der Waals surface area contributed by atoms with Crippen LogP contribution in [0.2, 0.25) is 0 Å². The number of nitrogens with two attached hydrogens (primary N) is 1. The Morgan fingerprint density at radius 2 is 2.00 bits per heavy atom. The van der Waals surface area contributed by atoms with Gasteiger partial charge in [-0.25, -0.2) is 4.79 Å². The molecule has 4 atom stereocenters. The summed E-state index contributed by atoms with van der Waals surface area (Å²) in [7, 11) is 0. The number of carbonyl (C=O) groups excluding carboxylic acids is 1. The lowest BCUT2D eigenvalue weighted by Crippen LogP contribution is -2.50. The summed E-state index contributed by atoms with van der Waals surface area (Å²) in [5.74, 6) is -0.378. The third kappa shape index (κ3) is 3.16. The van der Waals surface area contributed by atoms with Gasteiger partial charge in [-0.1, -0.05) is 44.6 Å². The minimum absolute atomic E-state index is 0.0655. The molecule has 1 saturated carbocycles. The van der Waals surface area contributed by atoms with Crippen molar-refractivity contribution >= 4 is 11.7 Å². The highest BCUT2D eigenvalue weighted by atomic mass is 16.5. The third-order valence-corrected chi connectivity index (χ3v) is 6.64. The highest BCUT2D eigenvalue weighted by molar-refractivity contribution is 5.95. The lowest BCUT2D eigenvalue weighted by atomic mass is 9.67. The van der Waals surface area contributed by atoms with Gasteiger partial charge in [0.2, 0.25) is 0 Å². The van der Waals surface area contributed by atoms with E-state index in [1.165, 1.54) is 5.57 Å². The number of nitrogen functional groups attached to an aromatic ring is 1. The molecule has 1 aromatic rings. The van der Waals surface area contributed by atoms with Crippen molar-refractivity contribution < 1.29 is 14.6 Å². The summed E-state index contributed by atoms with van der Waals surface area (Å²) >= 11 is 0. The monoisotopic (exact) mass is 357 g/mol. The molecule has 142 valence electrons. The molecule has 1 fully saturated rings. The summed E-state index contributed by atoms with van der Waals surface area (Å²) in [4.78, 5) is 12.8. The number of allylic oxidation sites excluding steroid dienone is 1. The van der Waals surface area contributed by atoms with E-state index in [2.05, 4.69) is 33.8 Å². The van der Waals surface area contributed by atoms with Gasteiger partial charge in [0.1, 0.15) is 6.10 Å². The Kier molecular flexibility index (Phi) is 4.91. The second-order valence-corrected chi connectivity index (χ2v) is 8.77. The van der Waals surface area contributed by atoms with E-state index >= 15 is 0 Å². The Hall–Kier alpha value is -1.81. The Bertz CT molecular complexity index is 726. The average molecular weight is 357 g/mol. The van der Waals surface area contributed by atoms with E-state index in [0.717, 1.165) is 19.3 Å². The summed E-state index contributed by atoms with van der Waals surface area (Å²) in [5, 5.41) is 11.5. The van der Waals surface area contributed by atoms with E-state index in [9.17, 15) is 9.90 Å². The summed E-state index contributed by atoms with van der Waals surface area (Å²) in [6, 6.07) is 6.99. The number of anilines is 1. The molecule has 3 rings (SSSR count). The van der Waals surface area contributed by atoms with Crippen LogP contribution in [0.25, 0.3) is 0 Å². The topological polar surface area (TPSA) is 72.5 Å². The third-order valence-electron chi connectivity index (χ3n) is 6.64. The van der Waals surface area contributed by atoms with Gasteiger partial charge in [-0.05, 0) is 49.7 Å². The standard InChI is InChI=1S/C22H31NO3/c1-14(2)22(25)12-11-21(4)10-9-15(3)13-18(19(21)22)26-20(24)16-7-5-6-8-17(16)23/h5-9,14,18-19,25H,10-13,23H2,1-4H3. The molecule has 26 heavy (non-hydrogen) atoms. The molecule has 3 N–H and O–H groups in total. The van der Waals surface area contributed by atoms with E-state index < -0.39 is 11.6 Å². The molecule has 0 bridgehead atoms. The van der Waals surface area contributed by atoms with Crippen LogP contribution in [0.3, 0.4) is 0 Å². The molecule has 0 radical (unpaired) electrons. The summed E-state index contributed by atoms with van der Waals surface area (Å²) in [5.41, 5.74) is 7.10. The first-order valence-corrected chi connectivity index (χ1v) is 9.61. The number of hydrogen-bond donors (Lipinski definition) is 2. The van der Waals surface area contributed by atoms with Gasteiger partial charge in [0.05, 0.1) is 11.2 Å². The molecule has 4 heteroatoms. The smallest absolute Gasteiger partial charge is 0.340 e. The minimum atomic E-state index is -0.819. The van der Waals surface area contributed by atoms with Crippen LogP contribution in [0.5, 0.6) is 0 Å². The quantitative estimate of drug-likeness (QED) is 0.479. The predicted molar refractivity (Wildman–Crippen MR) is 104 cm³/mol. The van der Waals surface area contributed by atoms with Gasteiger partial charge in [-0.2, -0.15) is 0 Å². The molecule has 1 aromatic carbocycles. The lowest BCUT2D eigenvalue weighted by Gasteiger charge is -2.43. The fraction of sp³-hybridized carbons (Fsp3) is 0.591. The number of ether oxygens (including phenoxy) is 1. The number of aliphatic hydroxyl groups is 1. The normalized spacial score (nSPS) is 34.2. The van der Waals surface area contributed by atoms with Gasteiger partial charge in [-0.3, -0.25) is 0 Å². The zero-order valence-electron chi connectivity index (χ0n) is 16.3.